The molecule has 0 saturated heterocycles. The Balaban J connectivity index is 1.62. The molecule has 0 aliphatic heterocycles. The molecule has 1 atom stereocenters. The number of nitrogens with one attached hydrogen (secondary N) is 2. The predicted molar refractivity (Wildman–Crippen MR) is 111 cm³/mol. The van der Waals surface area contributed by atoms with Crippen molar-refractivity contribution < 1.29 is 14.3 Å². The Hall–Kier alpha value is -2.78. The van der Waals surface area contributed by atoms with E-state index in [1.54, 1.807) is 23.0 Å². The summed E-state index contributed by atoms with van der Waals surface area (Å²) in [6.45, 7) is 2.42. The van der Waals surface area contributed by atoms with Gasteiger partial charge in [0.05, 0.1) is 52.1 Å². The Bertz CT molecular complexity index is 1090. The molecule has 1 fully saturated rings. The van der Waals surface area contributed by atoms with E-state index in [0.29, 0.717) is 33.2 Å². The molecular formula is C20H22ClFN6O2. The van der Waals surface area contributed by atoms with E-state index in [-0.39, 0.29) is 12.6 Å². The zero-order valence-electron chi connectivity index (χ0n) is 16.6. The fourth-order valence-electron chi connectivity index (χ4n) is 2.91. The first-order valence-corrected chi connectivity index (χ1v) is 10.0. The van der Waals surface area contributed by atoms with Crippen molar-refractivity contribution in [1.82, 2.24) is 24.9 Å². The number of pyridine rings is 1. The maximum Gasteiger partial charge on any atom is 0.255 e. The number of aromatic nitrogens is 4. The minimum atomic E-state index is -1.59. The van der Waals surface area contributed by atoms with Crippen LogP contribution in [0.4, 0.5) is 10.1 Å². The Morgan fingerprint density at radius 2 is 2.13 bits per heavy atom. The van der Waals surface area contributed by atoms with Gasteiger partial charge in [0.15, 0.2) is 5.65 Å². The highest BCUT2D eigenvalue weighted by molar-refractivity contribution is 6.30. The lowest BCUT2D eigenvalue weighted by atomic mass is 10.0. The Kier molecular flexibility index (Phi) is 5.33. The average Bonchev–Trinajstić information content (AvgIpc) is 3.41. The molecule has 3 aromatic rings. The minimum Gasteiger partial charge on any atom is -0.387 e. The van der Waals surface area contributed by atoms with E-state index in [0.717, 1.165) is 12.8 Å². The third-order valence-electron chi connectivity index (χ3n) is 4.89. The highest BCUT2D eigenvalue weighted by Crippen LogP contribution is 2.30. The maximum absolute atomic E-state index is 14.0. The molecule has 8 nitrogen and oxygen atoms in total. The molecule has 3 N–H and O–H groups in total. The van der Waals surface area contributed by atoms with Crippen LogP contribution in [0.3, 0.4) is 0 Å². The van der Waals surface area contributed by atoms with Crippen molar-refractivity contribution >= 4 is 28.8 Å². The molecule has 3 aromatic heterocycles. The zero-order valence-corrected chi connectivity index (χ0v) is 17.3. The Morgan fingerprint density at radius 1 is 1.37 bits per heavy atom. The monoisotopic (exact) mass is 432 g/mol. The topological polar surface area (TPSA) is 104 Å². The molecule has 30 heavy (non-hydrogen) atoms. The van der Waals surface area contributed by atoms with Crippen LogP contribution in [0.5, 0.6) is 0 Å². The van der Waals surface area contributed by atoms with Crippen molar-refractivity contribution in [3.8, 4) is 11.3 Å². The van der Waals surface area contributed by atoms with E-state index >= 15 is 0 Å². The minimum absolute atomic E-state index is 0.290. The maximum atomic E-state index is 14.0. The smallest absolute Gasteiger partial charge is 0.255 e. The van der Waals surface area contributed by atoms with E-state index in [1.807, 2.05) is 0 Å². The Labute approximate surface area is 177 Å². The third-order valence-corrected chi connectivity index (χ3v) is 5.09. The molecule has 10 heteroatoms. The number of alkyl halides is 1. The first kappa shape index (κ1) is 20.5. The highest BCUT2D eigenvalue weighted by atomic mass is 35.5. The molecular weight excluding hydrogens is 411 g/mol. The van der Waals surface area contributed by atoms with Crippen molar-refractivity contribution in [1.29, 1.82) is 0 Å². The molecule has 1 aliphatic carbocycles. The molecule has 0 radical (unpaired) electrons. The number of rotatable bonds is 7. The highest BCUT2D eigenvalue weighted by Gasteiger charge is 2.28. The van der Waals surface area contributed by atoms with Crippen molar-refractivity contribution in [2.24, 2.45) is 0 Å². The standard InChI is InChI=1S/C20H22ClFN6O2/c1-20(2,30)17(22)9-25-19(29)14-7-23-15(5-16(14)27-12-3-4-12)13-8-26-28-10-11(21)6-24-18(13)28/h5-8,10,12,17,30H,3-4,9H2,1-2H3,(H,23,27)(H,25,29)/t17-/m1/s1. The molecule has 0 spiro atoms. The molecule has 0 bridgehead atoms. The quantitative estimate of drug-likeness (QED) is 0.530. The van der Waals surface area contributed by atoms with Gasteiger partial charge < -0.3 is 15.7 Å². The second kappa shape index (κ2) is 7.81. The number of hydrogen-bond acceptors (Lipinski definition) is 6. The van der Waals surface area contributed by atoms with Crippen LogP contribution in [0.2, 0.25) is 5.02 Å². The summed E-state index contributed by atoms with van der Waals surface area (Å²) in [6, 6.07) is 2.06. The lowest BCUT2D eigenvalue weighted by Crippen LogP contribution is -2.42. The van der Waals surface area contributed by atoms with Crippen molar-refractivity contribution in [2.45, 2.75) is 44.5 Å². The summed E-state index contributed by atoms with van der Waals surface area (Å²) in [4.78, 5) is 21.4. The van der Waals surface area contributed by atoms with Gasteiger partial charge in [0.2, 0.25) is 0 Å². The van der Waals surface area contributed by atoms with Crippen molar-refractivity contribution in [3.05, 3.63) is 41.4 Å². The van der Waals surface area contributed by atoms with Gasteiger partial charge in [-0.1, -0.05) is 11.6 Å². The van der Waals surface area contributed by atoms with Crippen LogP contribution in [0, 0.1) is 0 Å². The summed E-state index contributed by atoms with van der Waals surface area (Å²) >= 11 is 5.96. The van der Waals surface area contributed by atoms with Gasteiger partial charge in [-0.05, 0) is 32.8 Å². The summed E-state index contributed by atoms with van der Waals surface area (Å²) < 4.78 is 15.6. The fourth-order valence-corrected chi connectivity index (χ4v) is 3.05. The Morgan fingerprint density at radius 3 is 2.83 bits per heavy atom. The number of fused-ring (bicyclic) bond motifs is 1. The van der Waals surface area contributed by atoms with Crippen LogP contribution in [-0.4, -0.2) is 55.0 Å². The van der Waals surface area contributed by atoms with E-state index in [1.165, 1.54) is 26.2 Å². The number of amides is 1. The van der Waals surface area contributed by atoms with E-state index in [9.17, 15) is 14.3 Å². The van der Waals surface area contributed by atoms with Crippen LogP contribution < -0.4 is 10.6 Å². The van der Waals surface area contributed by atoms with E-state index in [4.69, 9.17) is 11.6 Å². The molecule has 0 aromatic carbocycles. The van der Waals surface area contributed by atoms with Gasteiger partial charge in [-0.3, -0.25) is 9.78 Å². The molecule has 4 rings (SSSR count). The van der Waals surface area contributed by atoms with Gasteiger partial charge in [0.25, 0.3) is 5.91 Å². The summed E-state index contributed by atoms with van der Waals surface area (Å²) in [6.07, 6.45) is 6.70. The van der Waals surface area contributed by atoms with Crippen LogP contribution in [0.1, 0.15) is 37.0 Å². The molecule has 158 valence electrons. The second-order valence-corrected chi connectivity index (χ2v) is 8.40. The summed E-state index contributed by atoms with van der Waals surface area (Å²) in [5, 5.41) is 20.3. The largest absolute Gasteiger partial charge is 0.387 e. The molecule has 0 unspecified atom stereocenters. The van der Waals surface area contributed by atoms with Gasteiger partial charge in [0, 0.05) is 18.4 Å². The summed E-state index contributed by atoms with van der Waals surface area (Å²) in [5.74, 6) is -0.464. The average molecular weight is 433 g/mol. The van der Waals surface area contributed by atoms with Crippen LogP contribution in [0.25, 0.3) is 16.9 Å². The molecule has 1 saturated carbocycles. The number of halogens is 2. The first-order chi connectivity index (χ1) is 14.2. The van der Waals surface area contributed by atoms with Crippen molar-refractivity contribution in [2.75, 3.05) is 11.9 Å². The van der Waals surface area contributed by atoms with E-state index < -0.39 is 17.7 Å². The summed E-state index contributed by atoms with van der Waals surface area (Å²) in [5.41, 5.74) is 1.26. The van der Waals surface area contributed by atoms with Crippen molar-refractivity contribution in [3.63, 3.8) is 0 Å². The van der Waals surface area contributed by atoms with Gasteiger partial charge >= 0.3 is 0 Å². The third kappa shape index (κ3) is 4.36. The lowest BCUT2D eigenvalue weighted by molar-refractivity contribution is -0.00177. The molecule has 1 aliphatic rings. The first-order valence-electron chi connectivity index (χ1n) is 9.63. The van der Waals surface area contributed by atoms with Gasteiger partial charge in [-0.2, -0.15) is 5.10 Å². The molecule has 3 heterocycles. The number of carbonyl (C=O) groups is 1. The predicted octanol–water partition coefficient (Wildman–Crippen LogP) is 2.86. The fraction of sp³-hybridized carbons (Fsp3) is 0.400. The normalized spacial score (nSPS) is 15.2. The van der Waals surface area contributed by atoms with Gasteiger partial charge in [-0.25, -0.2) is 13.9 Å². The number of hydrogen-bond donors (Lipinski definition) is 3. The second-order valence-electron chi connectivity index (χ2n) is 7.96. The van der Waals surface area contributed by atoms with E-state index in [2.05, 4.69) is 25.7 Å². The van der Waals surface area contributed by atoms with Gasteiger partial charge in [0.1, 0.15) is 6.17 Å². The van der Waals surface area contributed by atoms with Crippen LogP contribution in [-0.2, 0) is 0 Å². The van der Waals surface area contributed by atoms with Crippen LogP contribution in [0.15, 0.2) is 30.9 Å². The number of aliphatic hydroxyl groups is 1. The lowest BCUT2D eigenvalue weighted by Gasteiger charge is -2.22. The number of carbonyl (C=O) groups excluding carboxylic acids is 1. The SMILES string of the molecule is CC(C)(O)[C@H](F)CNC(=O)c1cnc(-c2cnn3cc(Cl)cnc23)cc1NC1CC1. The zero-order chi connectivity index (χ0) is 21.5. The molecule has 1 amide bonds. The number of anilines is 1. The summed E-state index contributed by atoms with van der Waals surface area (Å²) in [7, 11) is 0. The van der Waals surface area contributed by atoms with Crippen LogP contribution >= 0.6 is 11.6 Å². The van der Waals surface area contributed by atoms with Gasteiger partial charge in [-0.15, -0.1) is 0 Å². The number of nitrogens with zero attached hydrogens (tertiary/aromatic N) is 4.